The van der Waals surface area contributed by atoms with Crippen molar-refractivity contribution in [1.29, 1.82) is 0 Å². The molecular formula is C18H34N2. The van der Waals surface area contributed by atoms with E-state index in [1.54, 1.807) is 0 Å². The summed E-state index contributed by atoms with van der Waals surface area (Å²) >= 11 is 0. The summed E-state index contributed by atoms with van der Waals surface area (Å²) < 4.78 is 0. The van der Waals surface area contributed by atoms with Gasteiger partial charge in [0.2, 0.25) is 0 Å². The Morgan fingerprint density at radius 2 is 1.65 bits per heavy atom. The van der Waals surface area contributed by atoms with Crippen LogP contribution in [0.5, 0.6) is 0 Å². The molecule has 2 atom stereocenters. The molecule has 1 aliphatic heterocycles. The van der Waals surface area contributed by atoms with Gasteiger partial charge in [-0.2, -0.15) is 0 Å². The van der Waals surface area contributed by atoms with Gasteiger partial charge >= 0.3 is 0 Å². The third-order valence-corrected chi connectivity index (χ3v) is 6.68. The molecule has 3 rings (SSSR count). The lowest BCUT2D eigenvalue weighted by Crippen LogP contribution is -2.44. The van der Waals surface area contributed by atoms with Crippen LogP contribution in [-0.2, 0) is 0 Å². The maximum absolute atomic E-state index is 6.14. The molecule has 0 spiro atoms. The van der Waals surface area contributed by atoms with Crippen LogP contribution in [0.1, 0.15) is 70.6 Å². The number of hydrogen-bond donors (Lipinski definition) is 1. The molecule has 0 amide bonds. The largest absolute Gasteiger partial charge is 0.330 e. The van der Waals surface area contributed by atoms with Crippen molar-refractivity contribution in [3.8, 4) is 0 Å². The second-order valence-electron chi connectivity index (χ2n) is 7.91. The van der Waals surface area contributed by atoms with Crippen LogP contribution < -0.4 is 5.73 Å². The normalized spacial score (nSPS) is 34.6. The summed E-state index contributed by atoms with van der Waals surface area (Å²) in [5.41, 5.74) is 6.64. The van der Waals surface area contributed by atoms with Crippen LogP contribution in [0.25, 0.3) is 0 Å². The minimum absolute atomic E-state index is 0.502. The van der Waals surface area contributed by atoms with E-state index in [1.807, 2.05) is 0 Å². The van der Waals surface area contributed by atoms with Crippen LogP contribution in [0.15, 0.2) is 0 Å². The molecule has 3 aliphatic rings. The van der Waals surface area contributed by atoms with Gasteiger partial charge in [-0.1, -0.05) is 38.5 Å². The van der Waals surface area contributed by atoms with Gasteiger partial charge in [0.05, 0.1) is 0 Å². The molecule has 2 heteroatoms. The Balaban J connectivity index is 1.48. The lowest BCUT2D eigenvalue weighted by atomic mass is 9.71. The Labute approximate surface area is 125 Å². The van der Waals surface area contributed by atoms with E-state index in [0.29, 0.717) is 5.41 Å². The number of piperidine rings is 1. The quantitative estimate of drug-likeness (QED) is 0.847. The second-order valence-corrected chi connectivity index (χ2v) is 7.91. The Morgan fingerprint density at radius 3 is 2.40 bits per heavy atom. The third kappa shape index (κ3) is 3.39. The fourth-order valence-corrected chi connectivity index (χ4v) is 5.13. The monoisotopic (exact) mass is 278 g/mol. The minimum atomic E-state index is 0.502. The van der Waals surface area contributed by atoms with Gasteiger partial charge < -0.3 is 10.6 Å². The van der Waals surface area contributed by atoms with E-state index in [2.05, 4.69) is 4.90 Å². The summed E-state index contributed by atoms with van der Waals surface area (Å²) in [6.07, 6.45) is 15.9. The van der Waals surface area contributed by atoms with Gasteiger partial charge in [0.1, 0.15) is 0 Å². The number of hydrogen-bond acceptors (Lipinski definition) is 2. The summed E-state index contributed by atoms with van der Waals surface area (Å²) in [6, 6.07) is 0. The van der Waals surface area contributed by atoms with Crippen molar-refractivity contribution in [3.05, 3.63) is 0 Å². The van der Waals surface area contributed by atoms with Crippen LogP contribution in [0, 0.1) is 17.3 Å². The van der Waals surface area contributed by atoms with Crippen molar-refractivity contribution in [2.45, 2.75) is 70.6 Å². The van der Waals surface area contributed by atoms with Crippen molar-refractivity contribution >= 4 is 0 Å². The van der Waals surface area contributed by atoms with E-state index in [0.717, 1.165) is 18.4 Å². The average Bonchev–Trinajstić information content (AvgIpc) is 2.54. The summed E-state index contributed by atoms with van der Waals surface area (Å²) in [4.78, 5) is 2.78. The van der Waals surface area contributed by atoms with Gasteiger partial charge in [0, 0.05) is 6.54 Å². The molecule has 2 unspecified atom stereocenters. The SMILES string of the molecule is NCC1(CCN2CCC3CCCCC3C2)CCCCC1. The average molecular weight is 278 g/mol. The van der Waals surface area contributed by atoms with Crippen molar-refractivity contribution in [1.82, 2.24) is 4.90 Å². The summed E-state index contributed by atoms with van der Waals surface area (Å²) in [5, 5.41) is 0. The van der Waals surface area contributed by atoms with E-state index in [9.17, 15) is 0 Å². The molecule has 2 aliphatic carbocycles. The molecular weight excluding hydrogens is 244 g/mol. The number of fused-ring (bicyclic) bond motifs is 1. The molecule has 0 aromatic carbocycles. The van der Waals surface area contributed by atoms with Gasteiger partial charge in [0.25, 0.3) is 0 Å². The van der Waals surface area contributed by atoms with E-state index >= 15 is 0 Å². The Kier molecular flexibility index (Phi) is 5.04. The molecule has 20 heavy (non-hydrogen) atoms. The highest BCUT2D eigenvalue weighted by molar-refractivity contribution is 4.87. The molecule has 2 saturated carbocycles. The van der Waals surface area contributed by atoms with Crippen LogP contribution in [-0.4, -0.2) is 31.1 Å². The predicted molar refractivity (Wildman–Crippen MR) is 85.7 cm³/mol. The summed E-state index contributed by atoms with van der Waals surface area (Å²) in [7, 11) is 0. The zero-order chi connectivity index (χ0) is 13.8. The van der Waals surface area contributed by atoms with Crippen LogP contribution >= 0.6 is 0 Å². The van der Waals surface area contributed by atoms with E-state index in [4.69, 9.17) is 5.73 Å². The fraction of sp³-hybridized carbons (Fsp3) is 1.00. The Bertz CT molecular complexity index is 296. The van der Waals surface area contributed by atoms with Gasteiger partial charge in [-0.15, -0.1) is 0 Å². The predicted octanol–water partition coefficient (Wildman–Crippen LogP) is 3.80. The second kappa shape index (κ2) is 6.79. The van der Waals surface area contributed by atoms with Gasteiger partial charge in [0.15, 0.2) is 0 Å². The zero-order valence-corrected chi connectivity index (χ0v) is 13.3. The first-order valence-electron chi connectivity index (χ1n) is 9.24. The van der Waals surface area contributed by atoms with Gasteiger partial charge in [-0.3, -0.25) is 0 Å². The Morgan fingerprint density at radius 1 is 0.900 bits per heavy atom. The Hall–Kier alpha value is -0.0800. The smallest absolute Gasteiger partial charge is 0.00123 e. The van der Waals surface area contributed by atoms with Gasteiger partial charge in [-0.05, 0) is 69.0 Å². The minimum Gasteiger partial charge on any atom is -0.330 e. The summed E-state index contributed by atoms with van der Waals surface area (Å²) in [5.74, 6) is 2.09. The highest BCUT2D eigenvalue weighted by atomic mass is 15.1. The first-order valence-corrected chi connectivity index (χ1v) is 9.24. The molecule has 2 nitrogen and oxygen atoms in total. The zero-order valence-electron chi connectivity index (χ0n) is 13.3. The highest BCUT2D eigenvalue weighted by Gasteiger charge is 2.34. The van der Waals surface area contributed by atoms with Crippen molar-refractivity contribution in [3.63, 3.8) is 0 Å². The molecule has 116 valence electrons. The molecule has 0 aromatic rings. The number of rotatable bonds is 4. The molecule has 0 bridgehead atoms. The standard InChI is InChI=1S/C18H34N2/c19-15-18(9-4-1-5-10-18)11-13-20-12-8-16-6-2-3-7-17(16)14-20/h16-17H,1-15,19H2. The van der Waals surface area contributed by atoms with E-state index in [-0.39, 0.29) is 0 Å². The van der Waals surface area contributed by atoms with Crippen molar-refractivity contribution in [2.24, 2.45) is 23.0 Å². The maximum Gasteiger partial charge on any atom is 0.00123 e. The fourth-order valence-electron chi connectivity index (χ4n) is 5.13. The molecule has 1 saturated heterocycles. The molecule has 2 N–H and O–H groups in total. The number of likely N-dealkylation sites (tertiary alicyclic amines) is 1. The van der Waals surface area contributed by atoms with Crippen molar-refractivity contribution in [2.75, 3.05) is 26.2 Å². The third-order valence-electron chi connectivity index (χ3n) is 6.68. The number of nitrogens with two attached hydrogens (primary N) is 1. The maximum atomic E-state index is 6.14. The highest BCUT2D eigenvalue weighted by Crippen LogP contribution is 2.40. The van der Waals surface area contributed by atoms with Crippen LogP contribution in [0.3, 0.4) is 0 Å². The molecule has 0 aromatic heterocycles. The topological polar surface area (TPSA) is 29.3 Å². The number of nitrogens with zero attached hydrogens (tertiary/aromatic N) is 1. The lowest BCUT2D eigenvalue weighted by Gasteiger charge is -2.43. The molecule has 3 fully saturated rings. The lowest BCUT2D eigenvalue weighted by molar-refractivity contribution is 0.0682. The van der Waals surface area contributed by atoms with Crippen LogP contribution in [0.4, 0.5) is 0 Å². The first kappa shape index (κ1) is 14.8. The first-order chi connectivity index (χ1) is 9.81. The van der Waals surface area contributed by atoms with E-state index < -0.39 is 0 Å². The van der Waals surface area contributed by atoms with Crippen LogP contribution in [0.2, 0.25) is 0 Å². The van der Waals surface area contributed by atoms with E-state index in [1.165, 1.54) is 90.3 Å². The molecule has 1 heterocycles. The van der Waals surface area contributed by atoms with Crippen molar-refractivity contribution < 1.29 is 0 Å². The molecule has 0 radical (unpaired) electrons. The van der Waals surface area contributed by atoms with Gasteiger partial charge in [-0.25, -0.2) is 0 Å². The summed E-state index contributed by atoms with van der Waals surface area (Å²) in [6.45, 7) is 5.00.